The van der Waals surface area contributed by atoms with Crippen LogP contribution in [0.2, 0.25) is 0 Å². The zero-order valence-electron chi connectivity index (χ0n) is 9.67. The van der Waals surface area contributed by atoms with Crippen LogP contribution in [0.5, 0.6) is 0 Å². The third-order valence-electron chi connectivity index (χ3n) is 3.12. The molecule has 0 radical (unpaired) electrons. The lowest BCUT2D eigenvalue weighted by atomic mass is 9.74. The summed E-state index contributed by atoms with van der Waals surface area (Å²) in [5, 5.41) is 9.05. The lowest BCUT2D eigenvalue weighted by Gasteiger charge is -2.29. The van der Waals surface area contributed by atoms with Crippen LogP contribution < -0.4 is 0 Å². The fourth-order valence-corrected chi connectivity index (χ4v) is 2.34. The highest BCUT2D eigenvalue weighted by Gasteiger charge is 2.30. The van der Waals surface area contributed by atoms with E-state index in [1.807, 2.05) is 42.5 Å². The van der Waals surface area contributed by atoms with Gasteiger partial charge in [0.25, 0.3) is 0 Å². The summed E-state index contributed by atoms with van der Waals surface area (Å²) in [4.78, 5) is 11.0. The van der Waals surface area contributed by atoms with Crippen molar-refractivity contribution < 1.29 is 9.90 Å². The second-order valence-corrected chi connectivity index (χ2v) is 4.59. The van der Waals surface area contributed by atoms with E-state index in [1.165, 1.54) is 5.56 Å². The first kappa shape index (κ1) is 11.6. The van der Waals surface area contributed by atoms with Gasteiger partial charge in [0.05, 0.1) is 6.42 Å². The van der Waals surface area contributed by atoms with Crippen molar-refractivity contribution in [2.45, 2.75) is 19.3 Å². The number of rotatable bonds is 4. The number of carbonyl (C=O) groups is 1. The van der Waals surface area contributed by atoms with E-state index in [1.54, 1.807) is 0 Å². The fourth-order valence-electron chi connectivity index (χ4n) is 2.34. The Bertz CT molecular complexity index is 445. The van der Waals surface area contributed by atoms with E-state index in [9.17, 15) is 4.79 Å². The molecular formula is C15H16O2. The standard InChI is InChI=1S/C15H16O2/c16-14(17)12-15(9-5-2-6-10-15)11-13-7-3-1-4-8-13/h1-9H,10-12H2,(H,16,17). The molecule has 0 aliphatic heterocycles. The molecule has 0 fully saturated rings. The summed E-state index contributed by atoms with van der Waals surface area (Å²) in [6.45, 7) is 0. The van der Waals surface area contributed by atoms with Gasteiger partial charge in [0.15, 0.2) is 0 Å². The molecule has 0 saturated carbocycles. The maximum Gasteiger partial charge on any atom is 0.304 e. The van der Waals surface area contributed by atoms with Crippen LogP contribution in [-0.2, 0) is 11.2 Å². The summed E-state index contributed by atoms with van der Waals surface area (Å²) in [7, 11) is 0. The normalized spacial score (nSPS) is 22.6. The molecule has 2 heteroatoms. The molecule has 0 saturated heterocycles. The van der Waals surface area contributed by atoms with Crippen molar-refractivity contribution in [2.75, 3.05) is 0 Å². The molecule has 0 heterocycles. The van der Waals surface area contributed by atoms with Gasteiger partial charge in [-0.05, 0) is 18.4 Å². The highest BCUT2D eigenvalue weighted by atomic mass is 16.4. The first-order chi connectivity index (χ1) is 8.20. The summed E-state index contributed by atoms with van der Waals surface area (Å²) < 4.78 is 0. The van der Waals surface area contributed by atoms with Gasteiger partial charge in [-0.2, -0.15) is 0 Å². The van der Waals surface area contributed by atoms with Crippen molar-refractivity contribution in [3.8, 4) is 0 Å². The Morgan fingerprint density at radius 2 is 2.00 bits per heavy atom. The van der Waals surface area contributed by atoms with Crippen LogP contribution in [0.15, 0.2) is 54.6 Å². The van der Waals surface area contributed by atoms with Crippen LogP contribution in [0.25, 0.3) is 0 Å². The molecule has 1 unspecified atom stereocenters. The first-order valence-electron chi connectivity index (χ1n) is 5.80. The summed E-state index contributed by atoms with van der Waals surface area (Å²) in [6.07, 6.45) is 9.77. The van der Waals surface area contributed by atoms with E-state index in [-0.39, 0.29) is 11.8 Å². The molecule has 1 N–H and O–H groups in total. The Labute approximate surface area is 101 Å². The SMILES string of the molecule is O=C(O)CC1(Cc2ccccc2)C=CC=CC1. The summed E-state index contributed by atoms with van der Waals surface area (Å²) in [5.41, 5.74) is 0.927. The minimum absolute atomic E-state index is 0.183. The van der Waals surface area contributed by atoms with Crippen molar-refractivity contribution in [3.05, 3.63) is 60.2 Å². The molecule has 1 aromatic rings. The van der Waals surface area contributed by atoms with Gasteiger partial charge in [-0.1, -0.05) is 54.6 Å². The number of benzene rings is 1. The van der Waals surface area contributed by atoms with Gasteiger partial charge < -0.3 is 5.11 Å². The lowest BCUT2D eigenvalue weighted by Crippen LogP contribution is -2.25. The van der Waals surface area contributed by atoms with Gasteiger partial charge in [0.2, 0.25) is 0 Å². The van der Waals surface area contributed by atoms with Crippen molar-refractivity contribution >= 4 is 5.97 Å². The number of carboxylic acids is 1. The smallest absolute Gasteiger partial charge is 0.304 e. The molecular weight excluding hydrogens is 212 g/mol. The maximum atomic E-state index is 11.0. The minimum atomic E-state index is -0.735. The van der Waals surface area contributed by atoms with E-state index in [4.69, 9.17) is 5.11 Å². The number of carboxylic acid groups (broad SMARTS) is 1. The van der Waals surface area contributed by atoms with Crippen LogP contribution in [0.1, 0.15) is 18.4 Å². The zero-order chi connectivity index (χ0) is 12.1. The van der Waals surface area contributed by atoms with Gasteiger partial charge in [-0.3, -0.25) is 4.79 Å². The second-order valence-electron chi connectivity index (χ2n) is 4.59. The average Bonchev–Trinajstić information content (AvgIpc) is 2.30. The third kappa shape index (κ3) is 3.06. The van der Waals surface area contributed by atoms with Crippen molar-refractivity contribution in [1.82, 2.24) is 0 Å². The Kier molecular flexibility index (Phi) is 3.43. The van der Waals surface area contributed by atoms with Crippen molar-refractivity contribution in [1.29, 1.82) is 0 Å². The second kappa shape index (κ2) is 5.00. The first-order valence-corrected chi connectivity index (χ1v) is 5.80. The van der Waals surface area contributed by atoms with Crippen LogP contribution in [0, 0.1) is 5.41 Å². The Balaban J connectivity index is 2.19. The Hall–Kier alpha value is -1.83. The van der Waals surface area contributed by atoms with E-state index in [0.29, 0.717) is 0 Å². The number of aliphatic carboxylic acids is 1. The van der Waals surface area contributed by atoms with E-state index in [0.717, 1.165) is 12.8 Å². The highest BCUT2D eigenvalue weighted by Crippen LogP contribution is 2.35. The summed E-state index contributed by atoms with van der Waals surface area (Å²) in [5.74, 6) is -0.735. The monoisotopic (exact) mass is 228 g/mol. The summed E-state index contributed by atoms with van der Waals surface area (Å²) in [6, 6.07) is 10.1. The predicted octanol–water partition coefficient (Wildman–Crippen LogP) is 3.21. The predicted molar refractivity (Wildman–Crippen MR) is 67.7 cm³/mol. The molecule has 17 heavy (non-hydrogen) atoms. The number of hydrogen-bond donors (Lipinski definition) is 1. The van der Waals surface area contributed by atoms with Gasteiger partial charge in [0.1, 0.15) is 0 Å². The molecule has 0 aromatic heterocycles. The fraction of sp³-hybridized carbons (Fsp3) is 0.267. The molecule has 0 bridgehead atoms. The van der Waals surface area contributed by atoms with Crippen LogP contribution in [0.4, 0.5) is 0 Å². The van der Waals surface area contributed by atoms with Crippen LogP contribution in [0.3, 0.4) is 0 Å². The zero-order valence-corrected chi connectivity index (χ0v) is 9.67. The maximum absolute atomic E-state index is 11.0. The minimum Gasteiger partial charge on any atom is -0.481 e. The molecule has 88 valence electrons. The van der Waals surface area contributed by atoms with Gasteiger partial charge >= 0.3 is 5.97 Å². The summed E-state index contributed by atoms with van der Waals surface area (Å²) >= 11 is 0. The van der Waals surface area contributed by atoms with E-state index >= 15 is 0 Å². The molecule has 1 aromatic carbocycles. The van der Waals surface area contributed by atoms with Crippen molar-refractivity contribution in [2.24, 2.45) is 5.41 Å². The van der Waals surface area contributed by atoms with Crippen molar-refractivity contribution in [3.63, 3.8) is 0 Å². The van der Waals surface area contributed by atoms with Crippen LogP contribution in [-0.4, -0.2) is 11.1 Å². The molecule has 1 aliphatic carbocycles. The van der Waals surface area contributed by atoms with Gasteiger partial charge in [-0.15, -0.1) is 0 Å². The lowest BCUT2D eigenvalue weighted by molar-refractivity contribution is -0.139. The largest absolute Gasteiger partial charge is 0.481 e. The molecule has 2 rings (SSSR count). The quantitative estimate of drug-likeness (QED) is 0.859. The average molecular weight is 228 g/mol. The Morgan fingerprint density at radius 3 is 2.59 bits per heavy atom. The molecule has 1 aliphatic rings. The van der Waals surface area contributed by atoms with Crippen LogP contribution >= 0.6 is 0 Å². The molecule has 2 nitrogen and oxygen atoms in total. The van der Waals surface area contributed by atoms with E-state index < -0.39 is 5.97 Å². The Morgan fingerprint density at radius 1 is 1.24 bits per heavy atom. The number of allylic oxidation sites excluding steroid dienone is 4. The van der Waals surface area contributed by atoms with E-state index in [2.05, 4.69) is 12.1 Å². The number of hydrogen-bond acceptors (Lipinski definition) is 1. The molecule has 0 amide bonds. The molecule has 1 atom stereocenters. The molecule has 0 spiro atoms. The third-order valence-corrected chi connectivity index (χ3v) is 3.12. The topological polar surface area (TPSA) is 37.3 Å². The highest BCUT2D eigenvalue weighted by molar-refractivity contribution is 5.68. The van der Waals surface area contributed by atoms with Gasteiger partial charge in [0, 0.05) is 5.41 Å². The van der Waals surface area contributed by atoms with Gasteiger partial charge in [-0.25, -0.2) is 0 Å².